The van der Waals surface area contributed by atoms with E-state index in [1.807, 2.05) is 0 Å². The Kier molecular flexibility index (Phi) is 3.63. The molecule has 0 spiro atoms. The van der Waals surface area contributed by atoms with Crippen LogP contribution in [0.5, 0.6) is 0 Å². The lowest BCUT2D eigenvalue weighted by atomic mass is 10.3. The summed E-state index contributed by atoms with van der Waals surface area (Å²) in [5.41, 5.74) is 5.02. The zero-order chi connectivity index (χ0) is 15.0. The lowest BCUT2D eigenvalue weighted by Gasteiger charge is -2.14. The fraction of sp³-hybridized carbons (Fsp3) is 0.300. The van der Waals surface area contributed by atoms with E-state index in [2.05, 4.69) is 9.97 Å². The van der Waals surface area contributed by atoms with E-state index in [1.54, 1.807) is 4.72 Å². The summed E-state index contributed by atoms with van der Waals surface area (Å²) in [7, 11) is -4.11. The largest absolute Gasteiger partial charge is 0.325 e. The zero-order valence-corrected chi connectivity index (χ0v) is 10.9. The van der Waals surface area contributed by atoms with Crippen LogP contribution in [0.3, 0.4) is 0 Å². The van der Waals surface area contributed by atoms with Gasteiger partial charge in [-0.1, -0.05) is 0 Å². The number of imidazole rings is 1. The van der Waals surface area contributed by atoms with Gasteiger partial charge in [-0.25, -0.2) is 26.7 Å². The van der Waals surface area contributed by atoms with Crippen LogP contribution in [-0.2, 0) is 10.0 Å². The number of aromatic amines is 2. The van der Waals surface area contributed by atoms with Gasteiger partial charge in [0.25, 0.3) is 5.92 Å². The van der Waals surface area contributed by atoms with Gasteiger partial charge in [0.15, 0.2) is 0 Å². The predicted octanol–water partition coefficient (Wildman–Crippen LogP) is -0.272. The molecule has 0 aliphatic carbocycles. The molecule has 0 unspecified atom stereocenters. The van der Waals surface area contributed by atoms with Gasteiger partial charge in [0, 0.05) is 0 Å². The molecule has 5 N–H and O–H groups in total. The standard InChI is InChI=1S/C10H12F2N4O3S/c11-10(12,4-13)5-14-20(18,19)6-1-2-7-8(3-6)16-9(17)15-7/h1-3,14H,4-5,13H2,(H2,15,16,17). The van der Waals surface area contributed by atoms with E-state index in [9.17, 15) is 22.0 Å². The first-order chi connectivity index (χ1) is 9.23. The van der Waals surface area contributed by atoms with Crippen molar-refractivity contribution in [3.05, 3.63) is 28.7 Å². The highest BCUT2D eigenvalue weighted by Crippen LogP contribution is 2.16. The van der Waals surface area contributed by atoms with Crippen LogP contribution in [0.15, 0.2) is 27.9 Å². The summed E-state index contributed by atoms with van der Waals surface area (Å²) < 4.78 is 51.4. The van der Waals surface area contributed by atoms with Crippen molar-refractivity contribution in [1.29, 1.82) is 0 Å². The molecule has 0 saturated heterocycles. The molecule has 2 rings (SSSR count). The normalized spacial score (nSPS) is 12.9. The second-order valence-corrected chi connectivity index (χ2v) is 5.94. The number of fused-ring (bicyclic) bond motifs is 1. The van der Waals surface area contributed by atoms with Gasteiger partial charge in [-0.05, 0) is 18.2 Å². The van der Waals surface area contributed by atoms with E-state index in [-0.39, 0.29) is 10.4 Å². The number of nitrogens with one attached hydrogen (secondary N) is 3. The van der Waals surface area contributed by atoms with Crippen LogP contribution in [0.4, 0.5) is 8.78 Å². The predicted molar refractivity (Wildman–Crippen MR) is 68.1 cm³/mol. The van der Waals surface area contributed by atoms with E-state index in [0.717, 1.165) is 0 Å². The summed E-state index contributed by atoms with van der Waals surface area (Å²) in [5.74, 6) is -3.32. The molecule has 0 aliphatic rings. The number of nitrogens with two attached hydrogens (primary N) is 1. The Hall–Kier alpha value is -1.78. The highest BCUT2D eigenvalue weighted by atomic mass is 32.2. The Balaban J connectivity index is 2.29. The molecule has 20 heavy (non-hydrogen) atoms. The van der Waals surface area contributed by atoms with Gasteiger partial charge in [-0.3, -0.25) is 0 Å². The molecule has 0 bridgehead atoms. The Bertz CT molecular complexity index is 781. The van der Waals surface area contributed by atoms with Crippen molar-refractivity contribution < 1.29 is 17.2 Å². The average Bonchev–Trinajstić information content (AvgIpc) is 2.76. The summed E-state index contributed by atoms with van der Waals surface area (Å²) >= 11 is 0. The average molecular weight is 306 g/mol. The Morgan fingerprint density at radius 1 is 1.25 bits per heavy atom. The highest BCUT2D eigenvalue weighted by molar-refractivity contribution is 7.89. The molecule has 110 valence electrons. The van der Waals surface area contributed by atoms with Gasteiger partial charge in [0.1, 0.15) is 0 Å². The van der Waals surface area contributed by atoms with Crippen LogP contribution in [0.25, 0.3) is 11.0 Å². The van der Waals surface area contributed by atoms with E-state index in [1.165, 1.54) is 18.2 Å². The molecule has 0 amide bonds. The first kappa shape index (κ1) is 14.6. The van der Waals surface area contributed by atoms with Crippen LogP contribution < -0.4 is 16.1 Å². The van der Waals surface area contributed by atoms with Crippen molar-refractivity contribution in [3.63, 3.8) is 0 Å². The van der Waals surface area contributed by atoms with E-state index >= 15 is 0 Å². The maximum absolute atomic E-state index is 13.0. The number of aromatic nitrogens is 2. The van der Waals surface area contributed by atoms with Gasteiger partial charge in [0.2, 0.25) is 10.0 Å². The van der Waals surface area contributed by atoms with Crippen molar-refractivity contribution in [3.8, 4) is 0 Å². The molecule has 1 aromatic carbocycles. The van der Waals surface area contributed by atoms with Crippen LogP contribution >= 0.6 is 0 Å². The lowest BCUT2D eigenvalue weighted by Crippen LogP contribution is -2.41. The first-order valence-electron chi connectivity index (χ1n) is 5.53. The first-order valence-corrected chi connectivity index (χ1v) is 7.01. The minimum atomic E-state index is -4.11. The summed E-state index contributed by atoms with van der Waals surface area (Å²) in [5, 5.41) is 0. The number of H-pyrrole nitrogens is 2. The number of alkyl halides is 2. The second-order valence-electron chi connectivity index (χ2n) is 4.17. The monoisotopic (exact) mass is 306 g/mol. The molecule has 0 atom stereocenters. The maximum atomic E-state index is 13.0. The fourth-order valence-corrected chi connectivity index (χ4v) is 2.62. The molecule has 1 aromatic heterocycles. The van der Waals surface area contributed by atoms with Crippen molar-refractivity contribution in [2.75, 3.05) is 13.1 Å². The van der Waals surface area contributed by atoms with E-state index < -0.39 is 34.7 Å². The molecule has 2 aromatic rings. The highest BCUT2D eigenvalue weighted by Gasteiger charge is 2.29. The number of sulfonamides is 1. The molecule has 1 heterocycles. The molecule has 7 nitrogen and oxygen atoms in total. The van der Waals surface area contributed by atoms with Crippen LogP contribution in [0.2, 0.25) is 0 Å². The molecular formula is C10H12F2N4O3S. The Morgan fingerprint density at radius 2 is 1.90 bits per heavy atom. The van der Waals surface area contributed by atoms with Gasteiger partial charge < -0.3 is 15.7 Å². The smallest absolute Gasteiger partial charge is 0.323 e. The molecule has 10 heteroatoms. The quantitative estimate of drug-likeness (QED) is 0.607. The number of hydrogen-bond acceptors (Lipinski definition) is 4. The molecule has 0 saturated carbocycles. The van der Waals surface area contributed by atoms with Gasteiger partial charge in [-0.15, -0.1) is 0 Å². The molecular weight excluding hydrogens is 294 g/mol. The van der Waals surface area contributed by atoms with Crippen LogP contribution in [0, 0.1) is 0 Å². The molecule has 0 aliphatic heterocycles. The number of halogens is 2. The van der Waals surface area contributed by atoms with Crippen molar-refractivity contribution in [1.82, 2.24) is 14.7 Å². The molecule has 0 fully saturated rings. The van der Waals surface area contributed by atoms with Gasteiger partial charge in [0.05, 0.1) is 29.0 Å². The molecule has 0 radical (unpaired) electrons. The lowest BCUT2D eigenvalue weighted by molar-refractivity contribution is 0.0170. The van der Waals surface area contributed by atoms with Crippen molar-refractivity contribution in [2.24, 2.45) is 5.73 Å². The van der Waals surface area contributed by atoms with Crippen LogP contribution in [0.1, 0.15) is 0 Å². The topological polar surface area (TPSA) is 121 Å². The maximum Gasteiger partial charge on any atom is 0.323 e. The minimum Gasteiger partial charge on any atom is -0.325 e. The summed E-state index contributed by atoms with van der Waals surface area (Å²) in [4.78, 5) is 15.7. The SMILES string of the molecule is NCC(F)(F)CNS(=O)(=O)c1ccc2[nH]c(=O)[nH]c2c1. The fourth-order valence-electron chi connectivity index (χ4n) is 1.53. The minimum absolute atomic E-state index is 0.229. The van der Waals surface area contributed by atoms with Crippen LogP contribution in [-0.4, -0.2) is 37.4 Å². The Labute approximate surface area is 112 Å². The van der Waals surface area contributed by atoms with E-state index in [4.69, 9.17) is 5.73 Å². The third-order valence-electron chi connectivity index (χ3n) is 2.62. The number of rotatable bonds is 5. The van der Waals surface area contributed by atoms with Gasteiger partial charge in [-0.2, -0.15) is 0 Å². The van der Waals surface area contributed by atoms with Gasteiger partial charge >= 0.3 is 5.69 Å². The zero-order valence-electron chi connectivity index (χ0n) is 10.1. The third kappa shape index (κ3) is 3.03. The van der Waals surface area contributed by atoms with Crippen molar-refractivity contribution >= 4 is 21.1 Å². The summed E-state index contributed by atoms with van der Waals surface area (Å²) in [6, 6.07) is 3.74. The number of hydrogen-bond donors (Lipinski definition) is 4. The summed E-state index contributed by atoms with van der Waals surface area (Å²) in [6.45, 7) is -2.05. The summed E-state index contributed by atoms with van der Waals surface area (Å²) in [6.07, 6.45) is 0. The Morgan fingerprint density at radius 3 is 2.55 bits per heavy atom. The van der Waals surface area contributed by atoms with E-state index in [0.29, 0.717) is 5.52 Å². The third-order valence-corrected chi connectivity index (χ3v) is 4.02. The number of benzene rings is 1. The second kappa shape index (κ2) is 4.96. The van der Waals surface area contributed by atoms with Crippen molar-refractivity contribution in [2.45, 2.75) is 10.8 Å².